The Balaban J connectivity index is 1.93. The van der Waals surface area contributed by atoms with Crippen LogP contribution in [0.15, 0.2) is 45.5 Å². The molecule has 2 rings (SSSR count). The number of hydrogen-bond donors (Lipinski definition) is 0. The summed E-state index contributed by atoms with van der Waals surface area (Å²) in [5, 5.41) is 0. The van der Waals surface area contributed by atoms with Crippen LogP contribution in [-0.4, -0.2) is 12.6 Å². The van der Waals surface area contributed by atoms with Gasteiger partial charge < -0.3 is 13.9 Å². The summed E-state index contributed by atoms with van der Waals surface area (Å²) >= 11 is 3.22. The third-order valence-corrected chi connectivity index (χ3v) is 2.80. The molecule has 0 amide bonds. The van der Waals surface area contributed by atoms with Crippen molar-refractivity contribution in [3.05, 3.63) is 52.4 Å². The fourth-order valence-corrected chi connectivity index (χ4v) is 1.83. The zero-order valence-electron chi connectivity index (χ0n) is 10.4. The molecule has 0 saturated heterocycles. The highest BCUT2D eigenvalue weighted by molar-refractivity contribution is 9.10. The summed E-state index contributed by atoms with van der Waals surface area (Å²) < 4.78 is 16.4. The van der Waals surface area contributed by atoms with Crippen molar-refractivity contribution in [2.24, 2.45) is 0 Å². The molecule has 2 aromatic rings. The molecule has 100 valence electrons. The van der Waals surface area contributed by atoms with E-state index in [0.717, 1.165) is 5.76 Å². The van der Waals surface area contributed by atoms with Crippen LogP contribution in [0.25, 0.3) is 0 Å². The third-order valence-electron chi connectivity index (χ3n) is 2.38. The zero-order chi connectivity index (χ0) is 13.7. The number of halogens is 1. The molecule has 0 saturated carbocycles. The zero-order valence-corrected chi connectivity index (χ0v) is 12.0. The smallest absolute Gasteiger partial charge is 0.338 e. The first-order valence-electron chi connectivity index (χ1n) is 5.83. The molecule has 19 heavy (non-hydrogen) atoms. The lowest BCUT2D eigenvalue weighted by Crippen LogP contribution is -2.04. The topological polar surface area (TPSA) is 48.7 Å². The quantitative estimate of drug-likeness (QED) is 0.785. The van der Waals surface area contributed by atoms with Crippen LogP contribution in [0.1, 0.15) is 23.0 Å². The van der Waals surface area contributed by atoms with Gasteiger partial charge in [0.1, 0.15) is 18.1 Å². The van der Waals surface area contributed by atoms with E-state index in [0.29, 0.717) is 29.2 Å². The molecular weight excluding hydrogens is 312 g/mol. The van der Waals surface area contributed by atoms with E-state index in [1.54, 1.807) is 31.2 Å². The second kappa shape index (κ2) is 6.43. The Bertz CT molecular complexity index is 545. The molecule has 1 aromatic carbocycles. The van der Waals surface area contributed by atoms with Crippen LogP contribution < -0.4 is 4.74 Å². The number of carbonyl (C=O) groups excluding carboxylic acids is 1. The maximum absolute atomic E-state index is 11.5. The number of hydrogen-bond acceptors (Lipinski definition) is 4. The first-order valence-corrected chi connectivity index (χ1v) is 6.62. The first kappa shape index (κ1) is 13.7. The molecule has 0 aliphatic carbocycles. The Hall–Kier alpha value is -1.75. The van der Waals surface area contributed by atoms with Gasteiger partial charge in [0, 0.05) is 0 Å². The monoisotopic (exact) mass is 324 g/mol. The van der Waals surface area contributed by atoms with Gasteiger partial charge in [0.2, 0.25) is 0 Å². The Morgan fingerprint density at radius 1 is 1.21 bits per heavy atom. The molecule has 0 bridgehead atoms. The molecule has 0 fully saturated rings. The van der Waals surface area contributed by atoms with Crippen molar-refractivity contribution in [2.45, 2.75) is 13.5 Å². The molecule has 1 aromatic heterocycles. The van der Waals surface area contributed by atoms with Crippen molar-refractivity contribution >= 4 is 21.9 Å². The van der Waals surface area contributed by atoms with Crippen molar-refractivity contribution < 1.29 is 18.7 Å². The van der Waals surface area contributed by atoms with Crippen LogP contribution in [0.5, 0.6) is 5.75 Å². The molecule has 5 heteroatoms. The maximum atomic E-state index is 11.5. The van der Waals surface area contributed by atoms with E-state index in [9.17, 15) is 4.79 Å². The van der Waals surface area contributed by atoms with E-state index in [1.807, 2.05) is 12.1 Å². The standard InChI is InChI=1S/C14H13BrO4/c1-2-17-14(16)10-3-5-11(6-4-10)18-9-12-7-8-13(15)19-12/h3-8H,2,9H2,1H3. The van der Waals surface area contributed by atoms with E-state index < -0.39 is 0 Å². The maximum Gasteiger partial charge on any atom is 0.338 e. The highest BCUT2D eigenvalue weighted by Gasteiger charge is 2.06. The van der Waals surface area contributed by atoms with Gasteiger partial charge in [-0.3, -0.25) is 0 Å². The number of rotatable bonds is 5. The molecular formula is C14H13BrO4. The van der Waals surface area contributed by atoms with Crippen LogP contribution in [0, 0.1) is 0 Å². The van der Waals surface area contributed by atoms with Gasteiger partial charge in [-0.15, -0.1) is 0 Å². The lowest BCUT2D eigenvalue weighted by Gasteiger charge is -2.05. The van der Waals surface area contributed by atoms with Gasteiger partial charge in [-0.2, -0.15) is 0 Å². The number of carbonyl (C=O) groups is 1. The molecule has 0 aliphatic rings. The molecule has 0 atom stereocenters. The minimum atomic E-state index is -0.330. The highest BCUT2D eigenvalue weighted by Crippen LogP contribution is 2.18. The summed E-state index contributed by atoms with van der Waals surface area (Å²) in [5.41, 5.74) is 0.509. The Labute approximate surface area is 119 Å². The summed E-state index contributed by atoms with van der Waals surface area (Å²) in [6.07, 6.45) is 0. The van der Waals surface area contributed by atoms with Crippen LogP contribution >= 0.6 is 15.9 Å². The number of benzene rings is 1. The van der Waals surface area contributed by atoms with E-state index in [4.69, 9.17) is 13.9 Å². The van der Waals surface area contributed by atoms with E-state index in [-0.39, 0.29) is 5.97 Å². The summed E-state index contributed by atoms with van der Waals surface area (Å²) in [6, 6.07) is 10.4. The minimum absolute atomic E-state index is 0.330. The first-order chi connectivity index (χ1) is 9.19. The summed E-state index contributed by atoms with van der Waals surface area (Å²) in [7, 11) is 0. The lowest BCUT2D eigenvalue weighted by molar-refractivity contribution is 0.0526. The summed E-state index contributed by atoms with van der Waals surface area (Å²) in [5.74, 6) is 1.06. The van der Waals surface area contributed by atoms with Gasteiger partial charge in [-0.05, 0) is 59.3 Å². The van der Waals surface area contributed by atoms with Gasteiger partial charge in [0.05, 0.1) is 12.2 Å². The van der Waals surface area contributed by atoms with Gasteiger partial charge in [-0.25, -0.2) is 4.79 Å². The van der Waals surface area contributed by atoms with Gasteiger partial charge in [-0.1, -0.05) is 0 Å². The number of furan rings is 1. The summed E-state index contributed by atoms with van der Waals surface area (Å²) in [4.78, 5) is 11.5. The van der Waals surface area contributed by atoms with Crippen molar-refractivity contribution in [1.82, 2.24) is 0 Å². The van der Waals surface area contributed by atoms with Crippen LogP contribution in [0.2, 0.25) is 0 Å². The molecule has 0 radical (unpaired) electrons. The largest absolute Gasteiger partial charge is 0.486 e. The average molecular weight is 325 g/mol. The highest BCUT2D eigenvalue weighted by atomic mass is 79.9. The second-order valence-electron chi connectivity index (χ2n) is 3.74. The predicted molar refractivity (Wildman–Crippen MR) is 73.1 cm³/mol. The van der Waals surface area contributed by atoms with Crippen molar-refractivity contribution in [1.29, 1.82) is 0 Å². The number of esters is 1. The minimum Gasteiger partial charge on any atom is -0.486 e. The van der Waals surface area contributed by atoms with Gasteiger partial charge in [0.15, 0.2) is 4.67 Å². The fourth-order valence-electron chi connectivity index (χ4n) is 1.49. The van der Waals surface area contributed by atoms with Crippen molar-refractivity contribution in [3.63, 3.8) is 0 Å². The molecule has 4 nitrogen and oxygen atoms in total. The average Bonchev–Trinajstić information content (AvgIpc) is 2.83. The lowest BCUT2D eigenvalue weighted by atomic mass is 10.2. The molecule has 0 unspecified atom stereocenters. The fraction of sp³-hybridized carbons (Fsp3) is 0.214. The van der Waals surface area contributed by atoms with Gasteiger partial charge in [0.25, 0.3) is 0 Å². The van der Waals surface area contributed by atoms with Crippen molar-refractivity contribution in [2.75, 3.05) is 6.61 Å². The van der Waals surface area contributed by atoms with Crippen molar-refractivity contribution in [3.8, 4) is 5.75 Å². The van der Waals surface area contributed by atoms with E-state index >= 15 is 0 Å². The molecule has 0 spiro atoms. The van der Waals surface area contributed by atoms with E-state index in [1.165, 1.54) is 0 Å². The molecule has 0 N–H and O–H groups in total. The molecule has 0 aliphatic heterocycles. The van der Waals surface area contributed by atoms with Crippen LogP contribution in [0.3, 0.4) is 0 Å². The Morgan fingerprint density at radius 3 is 2.53 bits per heavy atom. The third kappa shape index (κ3) is 3.86. The normalized spacial score (nSPS) is 10.2. The van der Waals surface area contributed by atoms with E-state index in [2.05, 4.69) is 15.9 Å². The van der Waals surface area contributed by atoms with Crippen LogP contribution in [0.4, 0.5) is 0 Å². The Morgan fingerprint density at radius 2 is 1.95 bits per heavy atom. The second-order valence-corrected chi connectivity index (χ2v) is 4.52. The number of ether oxygens (including phenoxy) is 2. The summed E-state index contributed by atoms with van der Waals surface area (Å²) in [6.45, 7) is 2.48. The van der Waals surface area contributed by atoms with Crippen LogP contribution in [-0.2, 0) is 11.3 Å². The molecule has 1 heterocycles. The predicted octanol–water partition coefficient (Wildman–Crippen LogP) is 3.80. The Kier molecular flexibility index (Phi) is 4.63. The SMILES string of the molecule is CCOC(=O)c1ccc(OCc2ccc(Br)o2)cc1. The van der Waals surface area contributed by atoms with Gasteiger partial charge >= 0.3 is 5.97 Å².